The van der Waals surface area contributed by atoms with Crippen molar-refractivity contribution in [1.82, 2.24) is 24.7 Å². The first kappa shape index (κ1) is 22.6. The van der Waals surface area contributed by atoms with Gasteiger partial charge in [-0.1, -0.05) is 0 Å². The minimum Gasteiger partial charge on any atom is -0.477 e. The molecule has 174 valence electrons. The van der Waals surface area contributed by atoms with Crippen molar-refractivity contribution in [3.05, 3.63) is 42.4 Å². The number of rotatable bonds is 5. The van der Waals surface area contributed by atoms with Gasteiger partial charge in [0.25, 0.3) is 0 Å². The maximum Gasteiger partial charge on any atom is 0.388 e. The molecule has 0 amide bonds. The van der Waals surface area contributed by atoms with E-state index >= 15 is 0 Å². The topological polar surface area (TPSA) is 118 Å². The summed E-state index contributed by atoms with van der Waals surface area (Å²) in [5.74, 6) is 0.509. The van der Waals surface area contributed by atoms with E-state index < -0.39 is 6.61 Å². The Morgan fingerprint density at radius 2 is 1.91 bits per heavy atom. The summed E-state index contributed by atoms with van der Waals surface area (Å²) >= 11 is 0. The Hall–Kier alpha value is -3.57. The lowest BCUT2D eigenvalue weighted by Crippen LogP contribution is -2.15. The number of fused-ring (bicyclic) bond motifs is 2. The lowest BCUT2D eigenvalue weighted by molar-refractivity contribution is -0.0524. The molecule has 9 nitrogen and oxygen atoms in total. The van der Waals surface area contributed by atoms with E-state index in [-0.39, 0.29) is 19.1 Å². The van der Waals surface area contributed by atoms with Crippen LogP contribution in [0.2, 0.25) is 0 Å². The van der Waals surface area contributed by atoms with Gasteiger partial charge >= 0.3 is 6.61 Å². The summed E-state index contributed by atoms with van der Waals surface area (Å²) in [6.07, 6.45) is 3.97. The fraction of sp³-hybridized carbons (Fsp3) is 0.318. The molecule has 5 heterocycles. The van der Waals surface area contributed by atoms with Crippen molar-refractivity contribution in [2.75, 3.05) is 19.8 Å². The summed E-state index contributed by atoms with van der Waals surface area (Å²) in [5.41, 5.74) is 3.98. The molecular formula is C22H23F2N5O4. The number of pyridine rings is 2. The van der Waals surface area contributed by atoms with Gasteiger partial charge in [-0.3, -0.25) is 0 Å². The van der Waals surface area contributed by atoms with E-state index in [1.165, 1.54) is 6.20 Å². The van der Waals surface area contributed by atoms with Crippen LogP contribution in [-0.2, 0) is 6.54 Å². The van der Waals surface area contributed by atoms with Gasteiger partial charge in [0.15, 0.2) is 0 Å². The molecule has 0 spiro atoms. The van der Waals surface area contributed by atoms with Crippen LogP contribution in [0.4, 0.5) is 8.78 Å². The third-order valence-corrected chi connectivity index (χ3v) is 5.00. The van der Waals surface area contributed by atoms with Crippen LogP contribution in [0, 0.1) is 6.92 Å². The number of aryl methyl sites for hydroxylation is 2. The van der Waals surface area contributed by atoms with Crippen LogP contribution in [0.1, 0.15) is 12.1 Å². The zero-order valence-electron chi connectivity index (χ0n) is 17.8. The van der Waals surface area contributed by atoms with Crippen molar-refractivity contribution < 1.29 is 28.5 Å². The number of ether oxygens (including phenoxy) is 2. The van der Waals surface area contributed by atoms with Gasteiger partial charge in [0.2, 0.25) is 11.8 Å². The van der Waals surface area contributed by atoms with Crippen LogP contribution in [0.3, 0.4) is 0 Å². The normalized spacial score (nSPS) is 12.8. The van der Waals surface area contributed by atoms with Crippen molar-refractivity contribution in [2.45, 2.75) is 26.5 Å². The predicted molar refractivity (Wildman–Crippen MR) is 116 cm³/mol. The molecule has 0 saturated heterocycles. The first-order valence-electron chi connectivity index (χ1n) is 10.3. The molecule has 0 radical (unpaired) electrons. The number of nitrogens with one attached hydrogen (secondary N) is 1. The Kier molecular flexibility index (Phi) is 6.80. The summed E-state index contributed by atoms with van der Waals surface area (Å²) in [6.45, 7) is 0.0197. The maximum atomic E-state index is 13.0. The molecule has 0 saturated carbocycles. The largest absolute Gasteiger partial charge is 0.477 e. The van der Waals surface area contributed by atoms with E-state index in [2.05, 4.69) is 20.1 Å². The lowest BCUT2D eigenvalue weighted by atomic mass is 9.99. The van der Waals surface area contributed by atoms with Gasteiger partial charge < -0.3 is 24.7 Å². The first-order chi connectivity index (χ1) is 16.0. The average molecular weight is 459 g/mol. The molecule has 0 bridgehead atoms. The van der Waals surface area contributed by atoms with Gasteiger partial charge in [-0.05, 0) is 31.2 Å². The van der Waals surface area contributed by atoms with E-state index in [1.54, 1.807) is 24.4 Å². The van der Waals surface area contributed by atoms with Crippen LogP contribution < -0.4 is 9.47 Å². The quantitative estimate of drug-likeness (QED) is 0.420. The van der Waals surface area contributed by atoms with Crippen molar-refractivity contribution >= 4 is 11.0 Å². The molecule has 33 heavy (non-hydrogen) atoms. The number of nitrogens with zero attached hydrogens (tertiary/aromatic N) is 4. The van der Waals surface area contributed by atoms with Crippen LogP contribution in [0.5, 0.6) is 11.8 Å². The van der Waals surface area contributed by atoms with Crippen LogP contribution in [0.25, 0.3) is 33.4 Å². The predicted octanol–water partition coefficient (Wildman–Crippen LogP) is 3.15. The molecule has 1 aliphatic rings. The van der Waals surface area contributed by atoms with E-state index in [0.717, 1.165) is 29.6 Å². The second kappa shape index (κ2) is 9.92. The Bertz CT molecular complexity index is 1240. The minimum atomic E-state index is -2.98. The minimum absolute atomic E-state index is 0.125. The van der Waals surface area contributed by atoms with Gasteiger partial charge in [0, 0.05) is 41.9 Å². The third kappa shape index (κ3) is 4.50. The SMILES string of the molecule is Cc1nn2c(c1-c1[nH]c3ncccc3c1-c1cccnc1OC(F)F)OCCC2.OCCO. The Balaban J connectivity index is 0.000000601. The number of alkyl halides is 2. The van der Waals surface area contributed by atoms with Gasteiger partial charge in [-0.15, -0.1) is 0 Å². The number of aromatic nitrogens is 5. The second-order valence-electron chi connectivity index (χ2n) is 7.15. The first-order valence-corrected chi connectivity index (χ1v) is 10.3. The summed E-state index contributed by atoms with van der Waals surface area (Å²) in [4.78, 5) is 11.7. The number of aromatic amines is 1. The number of aliphatic hydroxyl groups is 2. The summed E-state index contributed by atoms with van der Waals surface area (Å²) in [6, 6.07) is 7.06. The number of hydrogen-bond acceptors (Lipinski definition) is 7. The van der Waals surface area contributed by atoms with Crippen LogP contribution in [0.15, 0.2) is 36.7 Å². The highest BCUT2D eigenvalue weighted by atomic mass is 19.3. The lowest BCUT2D eigenvalue weighted by Gasteiger charge is -2.16. The smallest absolute Gasteiger partial charge is 0.388 e. The molecule has 0 atom stereocenters. The Morgan fingerprint density at radius 3 is 2.67 bits per heavy atom. The van der Waals surface area contributed by atoms with E-state index in [4.69, 9.17) is 19.7 Å². The second-order valence-corrected chi connectivity index (χ2v) is 7.15. The third-order valence-electron chi connectivity index (χ3n) is 5.00. The Morgan fingerprint density at radius 1 is 1.15 bits per heavy atom. The van der Waals surface area contributed by atoms with Crippen molar-refractivity contribution in [3.63, 3.8) is 0 Å². The van der Waals surface area contributed by atoms with E-state index in [9.17, 15) is 8.78 Å². The maximum absolute atomic E-state index is 13.0. The zero-order valence-corrected chi connectivity index (χ0v) is 17.8. The fourth-order valence-corrected chi connectivity index (χ4v) is 3.78. The molecule has 3 N–H and O–H groups in total. The molecule has 11 heteroatoms. The average Bonchev–Trinajstić information content (AvgIpc) is 3.35. The van der Waals surface area contributed by atoms with Crippen LogP contribution >= 0.6 is 0 Å². The highest BCUT2D eigenvalue weighted by Crippen LogP contribution is 2.45. The molecule has 4 aromatic heterocycles. The highest BCUT2D eigenvalue weighted by Gasteiger charge is 2.28. The summed E-state index contributed by atoms with van der Waals surface area (Å²) in [5, 5.41) is 20.6. The molecule has 1 aliphatic heterocycles. The molecule has 0 unspecified atom stereocenters. The van der Waals surface area contributed by atoms with Crippen LogP contribution in [-0.4, -0.2) is 61.4 Å². The number of aliphatic hydroxyl groups excluding tert-OH is 2. The molecule has 5 rings (SSSR count). The fourth-order valence-electron chi connectivity index (χ4n) is 3.78. The Labute approximate surface area is 187 Å². The number of hydrogen-bond donors (Lipinski definition) is 3. The number of halogens is 2. The van der Waals surface area contributed by atoms with Crippen molar-refractivity contribution in [1.29, 1.82) is 0 Å². The van der Waals surface area contributed by atoms with Crippen molar-refractivity contribution in [2.24, 2.45) is 0 Å². The zero-order chi connectivity index (χ0) is 23.4. The molecule has 0 aliphatic carbocycles. The van der Waals surface area contributed by atoms with Gasteiger partial charge in [0.05, 0.1) is 36.8 Å². The standard InChI is InChI=1S/C20H17F2N5O2.C2H6O2/c1-11-14(19-27(26-11)9-4-10-28-19)16-15(12-5-2-7-23-17(12)25-16)13-6-3-8-24-18(13)29-20(21)22;3-1-2-4/h2-3,5-8,20H,4,9-10H2,1H3,(H,23,25);3-4H,1-2H2. The van der Waals surface area contributed by atoms with Gasteiger partial charge in [-0.25, -0.2) is 14.6 Å². The highest BCUT2D eigenvalue weighted by molar-refractivity contribution is 6.04. The molecule has 0 aromatic carbocycles. The molecule has 4 aromatic rings. The molecular weight excluding hydrogens is 436 g/mol. The van der Waals surface area contributed by atoms with Gasteiger partial charge in [-0.2, -0.15) is 13.9 Å². The van der Waals surface area contributed by atoms with Gasteiger partial charge in [0.1, 0.15) is 5.65 Å². The summed E-state index contributed by atoms with van der Waals surface area (Å²) in [7, 11) is 0. The monoisotopic (exact) mass is 459 g/mol. The van der Waals surface area contributed by atoms with E-state index in [1.807, 2.05) is 17.7 Å². The molecule has 0 fully saturated rings. The van der Waals surface area contributed by atoms with E-state index in [0.29, 0.717) is 35.0 Å². The van der Waals surface area contributed by atoms with Crippen molar-refractivity contribution in [3.8, 4) is 34.1 Å². The number of H-pyrrole nitrogens is 1. The summed E-state index contributed by atoms with van der Waals surface area (Å²) < 4.78 is 38.4.